The zero-order chi connectivity index (χ0) is 14.0. The molecule has 4 N–H and O–H groups in total. The number of amides is 1. The molecule has 1 aromatic rings. The average molecular weight is 301 g/mol. The summed E-state index contributed by atoms with van der Waals surface area (Å²) in [5.74, 6) is -0.138. The molecule has 1 amide bonds. The van der Waals surface area contributed by atoms with Crippen molar-refractivity contribution in [2.75, 3.05) is 37.0 Å². The molecule has 0 bridgehead atoms. The fourth-order valence-corrected chi connectivity index (χ4v) is 4.35. The number of aliphatic hydroxyl groups excluding tert-OH is 1. The molecular formula is C12H19N3O2S2. The van der Waals surface area contributed by atoms with E-state index in [2.05, 4.69) is 10.2 Å². The van der Waals surface area contributed by atoms with Gasteiger partial charge in [0, 0.05) is 20.1 Å². The van der Waals surface area contributed by atoms with Crippen molar-refractivity contribution >= 4 is 39.7 Å². The van der Waals surface area contributed by atoms with Gasteiger partial charge >= 0.3 is 0 Å². The van der Waals surface area contributed by atoms with Crippen molar-refractivity contribution < 1.29 is 9.90 Å². The van der Waals surface area contributed by atoms with Crippen LogP contribution in [-0.2, 0) is 0 Å². The van der Waals surface area contributed by atoms with Gasteiger partial charge in [-0.3, -0.25) is 4.79 Å². The van der Waals surface area contributed by atoms with Crippen LogP contribution < -0.4 is 16.0 Å². The first-order valence-corrected chi connectivity index (χ1v) is 8.24. The number of aliphatic hydroxyl groups is 1. The van der Waals surface area contributed by atoms with E-state index in [1.165, 1.54) is 11.3 Å². The first-order valence-electron chi connectivity index (χ1n) is 6.19. The molecule has 0 saturated carbocycles. The number of thiophene rings is 1. The number of nitrogens with two attached hydrogens (primary N) is 1. The van der Waals surface area contributed by atoms with Crippen LogP contribution in [0.2, 0.25) is 0 Å². The second kappa shape index (κ2) is 6.02. The number of anilines is 2. The highest BCUT2D eigenvalue weighted by atomic mass is 32.2. The van der Waals surface area contributed by atoms with E-state index in [-0.39, 0.29) is 12.0 Å². The summed E-state index contributed by atoms with van der Waals surface area (Å²) in [5, 5.41) is 13.2. The Morgan fingerprint density at radius 2 is 2.16 bits per heavy atom. The maximum absolute atomic E-state index is 11.8. The minimum Gasteiger partial charge on any atom is -0.396 e. The number of thioether (sulfide) groups is 1. The Morgan fingerprint density at radius 3 is 2.68 bits per heavy atom. The molecule has 1 saturated heterocycles. The molecule has 106 valence electrons. The summed E-state index contributed by atoms with van der Waals surface area (Å²) in [6.45, 7) is 1.61. The highest BCUT2D eigenvalue weighted by Gasteiger charge is 2.26. The molecule has 1 aliphatic heterocycles. The Bertz CT molecular complexity index is 468. The number of rotatable bonds is 3. The van der Waals surface area contributed by atoms with Crippen molar-refractivity contribution in [1.29, 1.82) is 0 Å². The number of carbonyl (C=O) groups is 1. The van der Waals surface area contributed by atoms with Gasteiger partial charge in [-0.25, -0.2) is 0 Å². The van der Waals surface area contributed by atoms with Gasteiger partial charge in [0.1, 0.15) is 9.88 Å². The van der Waals surface area contributed by atoms with Gasteiger partial charge < -0.3 is 21.1 Å². The van der Waals surface area contributed by atoms with E-state index in [0.29, 0.717) is 10.6 Å². The van der Waals surface area contributed by atoms with Gasteiger partial charge in [0.2, 0.25) is 0 Å². The smallest absolute Gasteiger partial charge is 0.263 e. The summed E-state index contributed by atoms with van der Waals surface area (Å²) >= 11 is 3.00. The molecule has 7 heteroatoms. The Kier molecular flexibility index (Phi) is 4.59. The van der Waals surface area contributed by atoms with Crippen LogP contribution in [0, 0.1) is 0 Å². The number of hydrogen-bond acceptors (Lipinski definition) is 6. The molecule has 1 aliphatic rings. The lowest BCUT2D eigenvalue weighted by molar-refractivity contribution is 0.0967. The predicted octanol–water partition coefficient (Wildman–Crippen LogP) is 1.37. The fourth-order valence-electron chi connectivity index (χ4n) is 2.17. The van der Waals surface area contributed by atoms with Crippen molar-refractivity contribution in [2.45, 2.75) is 23.8 Å². The third-order valence-electron chi connectivity index (χ3n) is 3.27. The number of hydrogen-bond donors (Lipinski definition) is 3. The minimum absolute atomic E-state index is 0.138. The van der Waals surface area contributed by atoms with E-state index in [4.69, 9.17) is 5.73 Å². The number of nitrogen functional groups attached to an aromatic ring is 1. The third-order valence-corrected chi connectivity index (χ3v) is 5.49. The van der Waals surface area contributed by atoms with Gasteiger partial charge in [-0.1, -0.05) is 0 Å². The van der Waals surface area contributed by atoms with Crippen molar-refractivity contribution in [1.82, 2.24) is 5.32 Å². The maximum atomic E-state index is 11.8. The lowest BCUT2D eigenvalue weighted by Crippen LogP contribution is -2.35. The zero-order valence-electron chi connectivity index (χ0n) is 11.1. The molecular weight excluding hydrogens is 282 g/mol. The maximum Gasteiger partial charge on any atom is 0.263 e. The molecule has 0 aromatic carbocycles. The highest BCUT2D eigenvalue weighted by Crippen LogP contribution is 2.44. The molecule has 1 aromatic heterocycles. The van der Waals surface area contributed by atoms with Crippen LogP contribution in [0.3, 0.4) is 0 Å². The van der Waals surface area contributed by atoms with Crippen LogP contribution in [0.15, 0.2) is 4.90 Å². The SMILES string of the molecule is CNC(=O)c1sc(N2CCC(O)CC2)c(SC)c1N. The van der Waals surface area contributed by atoms with E-state index < -0.39 is 0 Å². The first kappa shape index (κ1) is 14.5. The largest absolute Gasteiger partial charge is 0.396 e. The summed E-state index contributed by atoms with van der Waals surface area (Å²) in [6, 6.07) is 0. The van der Waals surface area contributed by atoms with Crippen LogP contribution in [-0.4, -0.2) is 43.5 Å². The fraction of sp³-hybridized carbons (Fsp3) is 0.583. The van der Waals surface area contributed by atoms with Crippen molar-refractivity contribution in [2.24, 2.45) is 0 Å². The third kappa shape index (κ3) is 2.82. The van der Waals surface area contributed by atoms with Crippen molar-refractivity contribution in [3.8, 4) is 0 Å². The second-order valence-corrected chi connectivity index (χ2v) is 6.30. The normalized spacial score (nSPS) is 16.7. The van der Waals surface area contributed by atoms with Crippen LogP contribution in [0.5, 0.6) is 0 Å². The monoisotopic (exact) mass is 301 g/mol. The lowest BCUT2D eigenvalue weighted by atomic mass is 10.1. The number of nitrogens with one attached hydrogen (secondary N) is 1. The topological polar surface area (TPSA) is 78.6 Å². The Morgan fingerprint density at radius 1 is 1.53 bits per heavy atom. The van der Waals surface area contributed by atoms with Crippen LogP contribution in [0.1, 0.15) is 22.5 Å². The van der Waals surface area contributed by atoms with E-state index in [9.17, 15) is 9.90 Å². The molecule has 2 rings (SSSR count). The average Bonchev–Trinajstić information content (AvgIpc) is 2.75. The van der Waals surface area contributed by atoms with Gasteiger partial charge in [-0.15, -0.1) is 23.1 Å². The number of piperidine rings is 1. The van der Waals surface area contributed by atoms with Gasteiger partial charge in [0.05, 0.1) is 16.7 Å². The summed E-state index contributed by atoms with van der Waals surface area (Å²) in [4.78, 5) is 15.6. The number of carbonyl (C=O) groups excluding carboxylic acids is 1. The molecule has 2 heterocycles. The van der Waals surface area contributed by atoms with E-state index in [1.54, 1.807) is 18.8 Å². The molecule has 5 nitrogen and oxygen atoms in total. The van der Waals surface area contributed by atoms with E-state index >= 15 is 0 Å². The molecule has 0 aliphatic carbocycles. The summed E-state index contributed by atoms with van der Waals surface area (Å²) < 4.78 is 0. The van der Waals surface area contributed by atoms with Crippen LogP contribution in [0.25, 0.3) is 0 Å². The van der Waals surface area contributed by atoms with Crippen LogP contribution >= 0.6 is 23.1 Å². The second-order valence-electron chi connectivity index (χ2n) is 4.48. The molecule has 0 radical (unpaired) electrons. The standard InChI is InChI=1S/C12H19N3O2S2/c1-14-11(17)9-8(13)10(18-2)12(19-9)15-5-3-7(16)4-6-15/h7,16H,3-6,13H2,1-2H3,(H,14,17). The zero-order valence-corrected chi connectivity index (χ0v) is 12.7. The Balaban J connectivity index is 2.32. The Hall–Kier alpha value is -0.920. The van der Waals surface area contributed by atoms with Crippen LogP contribution in [0.4, 0.5) is 10.7 Å². The van der Waals surface area contributed by atoms with Crippen molar-refractivity contribution in [3.05, 3.63) is 4.88 Å². The summed E-state index contributed by atoms with van der Waals surface area (Å²) in [7, 11) is 1.61. The summed E-state index contributed by atoms with van der Waals surface area (Å²) in [6.07, 6.45) is 3.29. The first-order chi connectivity index (χ1) is 9.08. The quantitative estimate of drug-likeness (QED) is 0.735. The van der Waals surface area contributed by atoms with Gasteiger partial charge in [0.15, 0.2) is 0 Å². The molecule has 0 spiro atoms. The molecule has 1 fully saturated rings. The summed E-state index contributed by atoms with van der Waals surface area (Å²) in [5.41, 5.74) is 6.65. The van der Waals surface area contributed by atoms with Gasteiger partial charge in [-0.05, 0) is 19.1 Å². The van der Waals surface area contributed by atoms with E-state index in [0.717, 1.165) is 35.8 Å². The predicted molar refractivity (Wildman–Crippen MR) is 81.4 cm³/mol. The highest BCUT2D eigenvalue weighted by molar-refractivity contribution is 7.99. The Labute approximate surface area is 121 Å². The molecule has 0 unspecified atom stereocenters. The molecule has 19 heavy (non-hydrogen) atoms. The molecule has 0 atom stereocenters. The van der Waals surface area contributed by atoms with Gasteiger partial charge in [-0.2, -0.15) is 0 Å². The van der Waals surface area contributed by atoms with Crippen molar-refractivity contribution in [3.63, 3.8) is 0 Å². The van der Waals surface area contributed by atoms with Gasteiger partial charge in [0.25, 0.3) is 5.91 Å². The minimum atomic E-state index is -0.204. The number of nitrogens with zero attached hydrogens (tertiary/aromatic N) is 1. The van der Waals surface area contributed by atoms with E-state index in [1.807, 2.05) is 6.26 Å². The lowest BCUT2D eigenvalue weighted by Gasteiger charge is -2.30.